The second-order valence-electron chi connectivity index (χ2n) is 5.70. The minimum absolute atomic E-state index is 0.302. The minimum atomic E-state index is -2.34. The van der Waals surface area contributed by atoms with Crippen LogP contribution >= 0.6 is 7.37 Å². The van der Waals surface area contributed by atoms with Crippen molar-refractivity contribution in [1.29, 1.82) is 0 Å². The first-order valence-electron chi connectivity index (χ1n) is 7.52. The molecule has 1 atom stereocenters. The van der Waals surface area contributed by atoms with E-state index in [1.807, 2.05) is 0 Å². The third kappa shape index (κ3) is 3.58. The van der Waals surface area contributed by atoms with E-state index >= 15 is 0 Å². The van der Waals surface area contributed by atoms with E-state index in [2.05, 4.69) is 6.92 Å². The molecule has 0 N–H and O–H groups in total. The molecule has 0 spiro atoms. The van der Waals surface area contributed by atoms with Crippen LogP contribution in [0, 0.1) is 0 Å². The number of hydrogen-bond acceptors (Lipinski definition) is 2. The molecule has 0 aromatic heterocycles. The molecule has 0 aromatic rings. The zero-order valence-electron chi connectivity index (χ0n) is 11.2. The van der Waals surface area contributed by atoms with Crippen LogP contribution in [0.15, 0.2) is 0 Å². The van der Waals surface area contributed by atoms with Crippen LogP contribution in [0.1, 0.15) is 71.1 Å². The first-order chi connectivity index (χ1) is 8.24. The lowest BCUT2D eigenvalue weighted by molar-refractivity contribution is 0.153. The predicted molar refractivity (Wildman–Crippen MR) is 73.0 cm³/mol. The summed E-state index contributed by atoms with van der Waals surface area (Å²) in [6, 6.07) is 0. The summed E-state index contributed by atoms with van der Waals surface area (Å²) in [5.41, 5.74) is 0.378. The Morgan fingerprint density at radius 2 is 1.47 bits per heavy atom. The molecule has 2 nitrogen and oxygen atoms in total. The number of hydrogen-bond donors (Lipinski definition) is 0. The normalized spacial score (nSPS) is 27.8. The fraction of sp³-hybridized carbons (Fsp3) is 1.00. The van der Waals surface area contributed by atoms with Crippen LogP contribution in [0.4, 0.5) is 0 Å². The Morgan fingerprint density at radius 1 is 0.941 bits per heavy atom. The maximum Gasteiger partial charge on any atom is 0.206 e. The molecule has 2 aliphatic carbocycles. The molecule has 2 rings (SSSR count). The van der Waals surface area contributed by atoms with Gasteiger partial charge in [0, 0.05) is 11.8 Å². The highest BCUT2D eigenvalue weighted by atomic mass is 31.2. The Labute approximate surface area is 106 Å². The maximum atomic E-state index is 13.0. The van der Waals surface area contributed by atoms with Crippen molar-refractivity contribution in [3.05, 3.63) is 0 Å². The third-order valence-corrected chi connectivity index (χ3v) is 7.62. The molecule has 0 amide bonds. The van der Waals surface area contributed by atoms with Crippen molar-refractivity contribution in [3.63, 3.8) is 0 Å². The van der Waals surface area contributed by atoms with Crippen molar-refractivity contribution in [2.24, 2.45) is 0 Å². The summed E-state index contributed by atoms with van der Waals surface area (Å²) >= 11 is 0. The van der Waals surface area contributed by atoms with E-state index in [1.54, 1.807) is 0 Å². The van der Waals surface area contributed by atoms with Crippen molar-refractivity contribution >= 4 is 7.37 Å². The molecule has 1 unspecified atom stereocenters. The van der Waals surface area contributed by atoms with Gasteiger partial charge in [-0.25, -0.2) is 0 Å². The highest BCUT2D eigenvalue weighted by Crippen LogP contribution is 2.57. The van der Waals surface area contributed by atoms with Gasteiger partial charge in [-0.05, 0) is 25.7 Å². The van der Waals surface area contributed by atoms with Crippen molar-refractivity contribution in [1.82, 2.24) is 0 Å². The van der Waals surface area contributed by atoms with E-state index in [0.29, 0.717) is 11.8 Å². The molecule has 0 heterocycles. The fourth-order valence-corrected chi connectivity index (χ4v) is 6.02. The van der Waals surface area contributed by atoms with Gasteiger partial charge in [-0.2, -0.15) is 0 Å². The van der Waals surface area contributed by atoms with Gasteiger partial charge in [-0.1, -0.05) is 45.4 Å². The van der Waals surface area contributed by atoms with Crippen molar-refractivity contribution < 1.29 is 9.09 Å². The monoisotopic (exact) mass is 258 g/mol. The summed E-state index contributed by atoms with van der Waals surface area (Å²) in [6.45, 7) is 2.05. The van der Waals surface area contributed by atoms with Gasteiger partial charge in [0.15, 0.2) is 0 Å². The molecule has 0 bridgehead atoms. The summed E-state index contributed by atoms with van der Waals surface area (Å²) in [5.74, 6) is 0. The molecule has 0 aromatic carbocycles. The van der Waals surface area contributed by atoms with Crippen LogP contribution < -0.4 is 0 Å². The Bertz CT molecular complexity index is 265. The molecular formula is C14H27O2P. The highest BCUT2D eigenvalue weighted by Gasteiger charge is 2.35. The smallest absolute Gasteiger partial charge is 0.206 e. The van der Waals surface area contributed by atoms with Gasteiger partial charge in [0.25, 0.3) is 0 Å². The Hall–Kier alpha value is 0.190. The predicted octanol–water partition coefficient (Wildman–Crippen LogP) is 4.97. The molecule has 100 valence electrons. The van der Waals surface area contributed by atoms with Gasteiger partial charge in [0.1, 0.15) is 0 Å². The Balaban J connectivity index is 1.94. The van der Waals surface area contributed by atoms with E-state index < -0.39 is 7.37 Å². The van der Waals surface area contributed by atoms with Crippen molar-refractivity contribution in [2.75, 3.05) is 6.16 Å². The van der Waals surface area contributed by atoms with E-state index in [9.17, 15) is 4.57 Å². The summed E-state index contributed by atoms with van der Waals surface area (Å²) in [4.78, 5) is 0. The average Bonchev–Trinajstić information content (AvgIpc) is 2.41. The summed E-state index contributed by atoms with van der Waals surface area (Å²) in [7, 11) is -2.34. The van der Waals surface area contributed by atoms with Crippen LogP contribution in [0.2, 0.25) is 0 Å². The quantitative estimate of drug-likeness (QED) is 0.666. The van der Waals surface area contributed by atoms with Gasteiger partial charge in [-0.3, -0.25) is 4.57 Å². The largest absolute Gasteiger partial charge is 0.325 e. The molecule has 0 aliphatic heterocycles. The summed E-state index contributed by atoms with van der Waals surface area (Å²) in [5, 5.41) is 0. The third-order valence-electron chi connectivity index (χ3n) is 4.45. The molecule has 0 radical (unpaired) electrons. The molecule has 0 saturated heterocycles. The van der Waals surface area contributed by atoms with Gasteiger partial charge >= 0.3 is 0 Å². The zero-order valence-corrected chi connectivity index (χ0v) is 12.1. The van der Waals surface area contributed by atoms with Crippen molar-refractivity contribution in [2.45, 2.75) is 82.9 Å². The van der Waals surface area contributed by atoms with E-state index in [1.165, 1.54) is 38.5 Å². The maximum absolute atomic E-state index is 13.0. The van der Waals surface area contributed by atoms with Crippen molar-refractivity contribution in [3.8, 4) is 0 Å². The molecule has 17 heavy (non-hydrogen) atoms. The average molecular weight is 258 g/mol. The van der Waals surface area contributed by atoms with Crippen LogP contribution in [0.25, 0.3) is 0 Å². The van der Waals surface area contributed by atoms with Gasteiger partial charge < -0.3 is 4.52 Å². The van der Waals surface area contributed by atoms with E-state index in [4.69, 9.17) is 4.52 Å². The van der Waals surface area contributed by atoms with Gasteiger partial charge in [0.2, 0.25) is 7.37 Å². The summed E-state index contributed by atoms with van der Waals surface area (Å²) < 4.78 is 19.1. The van der Waals surface area contributed by atoms with Crippen LogP contribution in [-0.2, 0) is 9.09 Å². The lowest BCUT2D eigenvalue weighted by Crippen LogP contribution is -2.22. The SMILES string of the molecule is CCP(=O)(OC1CCCCC1)C1CCCCC1. The summed E-state index contributed by atoms with van der Waals surface area (Å²) in [6.07, 6.45) is 13.3. The molecule has 2 fully saturated rings. The van der Waals surface area contributed by atoms with Gasteiger partial charge in [-0.15, -0.1) is 0 Å². The van der Waals surface area contributed by atoms with Crippen LogP contribution in [0.5, 0.6) is 0 Å². The molecule has 3 heteroatoms. The minimum Gasteiger partial charge on any atom is -0.325 e. The highest BCUT2D eigenvalue weighted by molar-refractivity contribution is 7.59. The first kappa shape index (κ1) is 13.6. The number of rotatable bonds is 4. The van der Waals surface area contributed by atoms with E-state index in [-0.39, 0.29) is 0 Å². The topological polar surface area (TPSA) is 26.3 Å². The second-order valence-corrected chi connectivity index (χ2v) is 8.73. The van der Waals surface area contributed by atoms with Gasteiger partial charge in [0.05, 0.1) is 6.10 Å². The fourth-order valence-electron chi connectivity index (χ4n) is 3.32. The molecular weight excluding hydrogens is 231 g/mol. The van der Waals surface area contributed by atoms with Crippen LogP contribution in [-0.4, -0.2) is 17.9 Å². The standard InChI is InChI=1S/C14H27O2P/c1-2-17(15,14-11-7-4-8-12-14)16-13-9-5-3-6-10-13/h13-14H,2-12H2,1H3. The zero-order chi connectivity index (χ0) is 12.1. The van der Waals surface area contributed by atoms with E-state index in [0.717, 1.165) is 31.8 Å². The van der Waals surface area contributed by atoms with Crippen LogP contribution in [0.3, 0.4) is 0 Å². The lowest BCUT2D eigenvalue weighted by atomic mass is 9.98. The first-order valence-corrected chi connectivity index (χ1v) is 9.39. The molecule has 2 saturated carbocycles. The molecule has 2 aliphatic rings. The Kier molecular flexibility index (Phi) is 5.11. The Morgan fingerprint density at radius 3 is 2.00 bits per heavy atom. The lowest BCUT2D eigenvalue weighted by Gasteiger charge is -2.33. The second kappa shape index (κ2) is 6.38.